The van der Waals surface area contributed by atoms with Gasteiger partial charge >= 0.3 is 0 Å². The number of imide groups is 1. The second kappa shape index (κ2) is 3.33. The maximum absolute atomic E-state index is 11.8. The lowest BCUT2D eigenvalue weighted by Crippen LogP contribution is -2.26. The Morgan fingerprint density at radius 2 is 1.80 bits per heavy atom. The molecule has 0 aromatic heterocycles. The Morgan fingerprint density at radius 3 is 2.33 bits per heavy atom. The third kappa shape index (κ3) is 1.34. The van der Waals surface area contributed by atoms with Crippen LogP contribution in [-0.2, 0) is 9.59 Å². The molecule has 3 nitrogen and oxygen atoms in total. The number of allylic oxidation sites excluding steroid dienone is 3. The number of nitrogens with zero attached hydrogens (tertiary/aromatic N) is 1. The maximum Gasteiger partial charge on any atom is 0.233 e. The minimum Gasteiger partial charge on any atom is -0.285 e. The highest BCUT2D eigenvalue weighted by Crippen LogP contribution is 2.40. The molecule has 0 radical (unpaired) electrons. The fraction of sp³-hybridized carbons (Fsp3) is 0.500. The van der Waals surface area contributed by atoms with Crippen LogP contribution in [0.2, 0.25) is 0 Å². The van der Waals surface area contributed by atoms with Crippen LogP contribution in [0.5, 0.6) is 0 Å². The highest BCUT2D eigenvalue weighted by Gasteiger charge is 2.47. The zero-order chi connectivity index (χ0) is 11.2. The van der Waals surface area contributed by atoms with Gasteiger partial charge in [-0.3, -0.25) is 14.5 Å². The normalized spacial score (nSPS) is 30.9. The number of carbonyl (C=O) groups is 2. The Morgan fingerprint density at radius 1 is 1.27 bits per heavy atom. The summed E-state index contributed by atoms with van der Waals surface area (Å²) in [6.07, 6.45) is 3.19. The van der Waals surface area contributed by atoms with Crippen LogP contribution in [0.1, 0.15) is 19.8 Å². The Hall–Kier alpha value is -1.38. The Labute approximate surface area is 89.4 Å². The summed E-state index contributed by atoms with van der Waals surface area (Å²) in [7, 11) is 1.58. The largest absolute Gasteiger partial charge is 0.285 e. The molecular formula is C12H15NO2. The number of rotatable bonds is 1. The van der Waals surface area contributed by atoms with Crippen molar-refractivity contribution in [1.29, 1.82) is 0 Å². The molecule has 2 atom stereocenters. The van der Waals surface area contributed by atoms with Crippen molar-refractivity contribution in [3.8, 4) is 0 Å². The molecular weight excluding hydrogens is 190 g/mol. The molecule has 0 bridgehead atoms. The van der Waals surface area contributed by atoms with Crippen LogP contribution in [0.4, 0.5) is 0 Å². The number of hydrogen-bond acceptors (Lipinski definition) is 2. The summed E-state index contributed by atoms with van der Waals surface area (Å²) in [6, 6.07) is 0. The van der Waals surface area contributed by atoms with Crippen LogP contribution in [-0.4, -0.2) is 23.8 Å². The lowest BCUT2D eigenvalue weighted by atomic mass is 9.77. The summed E-state index contributed by atoms with van der Waals surface area (Å²) in [4.78, 5) is 24.8. The summed E-state index contributed by atoms with van der Waals surface area (Å²) >= 11 is 0. The molecule has 0 unspecified atom stereocenters. The van der Waals surface area contributed by atoms with Crippen LogP contribution in [0.25, 0.3) is 0 Å². The van der Waals surface area contributed by atoms with E-state index in [4.69, 9.17) is 0 Å². The van der Waals surface area contributed by atoms with Gasteiger partial charge in [0.05, 0.1) is 11.8 Å². The van der Waals surface area contributed by atoms with Gasteiger partial charge < -0.3 is 0 Å². The molecule has 0 N–H and O–H groups in total. The van der Waals surface area contributed by atoms with Crippen molar-refractivity contribution >= 4 is 11.8 Å². The Bertz CT molecular complexity index is 381. The summed E-state index contributed by atoms with van der Waals surface area (Å²) in [5.41, 5.74) is 2.33. The first-order valence-corrected chi connectivity index (χ1v) is 5.18. The maximum atomic E-state index is 11.8. The third-order valence-corrected chi connectivity index (χ3v) is 3.54. The van der Waals surface area contributed by atoms with Gasteiger partial charge in [0.25, 0.3) is 0 Å². The van der Waals surface area contributed by atoms with Crippen LogP contribution >= 0.6 is 0 Å². The number of fused-ring (bicyclic) bond motifs is 1. The van der Waals surface area contributed by atoms with Gasteiger partial charge in [0, 0.05) is 7.05 Å². The molecule has 0 saturated carbocycles. The average Bonchev–Trinajstić information content (AvgIpc) is 2.43. The first kappa shape index (κ1) is 10.1. The van der Waals surface area contributed by atoms with E-state index in [1.54, 1.807) is 7.05 Å². The summed E-state index contributed by atoms with van der Waals surface area (Å²) in [5, 5.41) is 0. The zero-order valence-electron chi connectivity index (χ0n) is 9.12. The first-order valence-electron chi connectivity index (χ1n) is 5.18. The molecule has 1 aliphatic carbocycles. The van der Waals surface area contributed by atoms with Crippen molar-refractivity contribution in [3.05, 3.63) is 23.8 Å². The van der Waals surface area contributed by atoms with Gasteiger partial charge in [-0.2, -0.15) is 0 Å². The highest BCUT2D eigenvalue weighted by atomic mass is 16.2. The SMILES string of the molecule is C=CC1=C(C)C[C@H]2C(=O)N(C)C(=O)[C@H]2C1. The fourth-order valence-electron chi connectivity index (χ4n) is 2.54. The van der Waals surface area contributed by atoms with Gasteiger partial charge in [0.2, 0.25) is 11.8 Å². The second-order valence-corrected chi connectivity index (χ2v) is 4.37. The fourth-order valence-corrected chi connectivity index (χ4v) is 2.54. The molecule has 0 spiro atoms. The van der Waals surface area contributed by atoms with E-state index in [1.165, 1.54) is 10.5 Å². The monoisotopic (exact) mass is 205 g/mol. The summed E-state index contributed by atoms with van der Waals surface area (Å²) in [6.45, 7) is 5.76. The third-order valence-electron chi connectivity index (χ3n) is 3.54. The van der Waals surface area contributed by atoms with E-state index >= 15 is 0 Å². The van der Waals surface area contributed by atoms with Gasteiger partial charge in [0.15, 0.2) is 0 Å². The molecule has 0 aromatic carbocycles. The van der Waals surface area contributed by atoms with Crippen molar-refractivity contribution in [2.75, 3.05) is 7.05 Å². The van der Waals surface area contributed by atoms with Gasteiger partial charge in [-0.1, -0.05) is 18.2 Å². The zero-order valence-corrected chi connectivity index (χ0v) is 9.12. The van der Waals surface area contributed by atoms with E-state index in [2.05, 4.69) is 6.58 Å². The quantitative estimate of drug-likeness (QED) is 0.608. The highest BCUT2D eigenvalue weighted by molar-refractivity contribution is 6.05. The number of carbonyl (C=O) groups excluding carboxylic acids is 2. The van der Waals surface area contributed by atoms with Crippen molar-refractivity contribution in [2.24, 2.45) is 11.8 Å². The molecule has 2 rings (SSSR count). The van der Waals surface area contributed by atoms with Crippen molar-refractivity contribution < 1.29 is 9.59 Å². The first-order chi connectivity index (χ1) is 7.06. The number of amides is 2. The minimum absolute atomic E-state index is 0.0209. The van der Waals surface area contributed by atoms with Crippen molar-refractivity contribution in [3.63, 3.8) is 0 Å². The molecule has 1 heterocycles. The number of hydrogen-bond donors (Lipinski definition) is 0. The van der Waals surface area contributed by atoms with Crippen LogP contribution in [0, 0.1) is 11.8 Å². The van der Waals surface area contributed by atoms with E-state index in [0.29, 0.717) is 12.8 Å². The van der Waals surface area contributed by atoms with Crippen LogP contribution < -0.4 is 0 Å². The lowest BCUT2D eigenvalue weighted by molar-refractivity contribution is -0.138. The average molecular weight is 205 g/mol. The molecule has 0 aromatic rings. The van der Waals surface area contributed by atoms with E-state index in [-0.39, 0.29) is 23.7 Å². The predicted octanol–water partition coefficient (Wildman–Crippen LogP) is 1.51. The molecule has 80 valence electrons. The van der Waals surface area contributed by atoms with E-state index in [1.807, 2.05) is 13.0 Å². The molecule has 1 fully saturated rings. The molecule has 2 amide bonds. The van der Waals surface area contributed by atoms with E-state index in [0.717, 1.165) is 5.57 Å². The predicted molar refractivity (Wildman–Crippen MR) is 56.9 cm³/mol. The topological polar surface area (TPSA) is 37.4 Å². The Balaban J connectivity index is 2.35. The van der Waals surface area contributed by atoms with Crippen LogP contribution in [0.15, 0.2) is 23.8 Å². The Kier molecular flexibility index (Phi) is 2.25. The summed E-state index contributed by atoms with van der Waals surface area (Å²) < 4.78 is 0. The van der Waals surface area contributed by atoms with Gasteiger partial charge in [-0.05, 0) is 25.3 Å². The number of likely N-dealkylation sites (tertiary alicyclic amines) is 1. The van der Waals surface area contributed by atoms with Crippen LogP contribution in [0.3, 0.4) is 0 Å². The molecule has 15 heavy (non-hydrogen) atoms. The van der Waals surface area contributed by atoms with Crippen molar-refractivity contribution in [2.45, 2.75) is 19.8 Å². The van der Waals surface area contributed by atoms with E-state index < -0.39 is 0 Å². The minimum atomic E-state index is -0.140. The second-order valence-electron chi connectivity index (χ2n) is 4.37. The van der Waals surface area contributed by atoms with Crippen molar-refractivity contribution in [1.82, 2.24) is 4.90 Å². The van der Waals surface area contributed by atoms with Gasteiger partial charge in [-0.15, -0.1) is 0 Å². The smallest absolute Gasteiger partial charge is 0.233 e. The molecule has 1 aliphatic heterocycles. The van der Waals surface area contributed by atoms with Gasteiger partial charge in [0.1, 0.15) is 0 Å². The molecule has 1 saturated heterocycles. The molecule has 3 heteroatoms. The lowest BCUT2D eigenvalue weighted by Gasteiger charge is -2.23. The molecule has 2 aliphatic rings. The standard InChI is InChI=1S/C12H15NO2/c1-4-8-6-10-9(5-7(8)2)11(14)13(3)12(10)15/h4,9-10H,1,5-6H2,2-3H3/t9-,10+/m1/s1. The van der Waals surface area contributed by atoms with Gasteiger partial charge in [-0.25, -0.2) is 0 Å². The van der Waals surface area contributed by atoms with E-state index in [9.17, 15) is 9.59 Å². The summed E-state index contributed by atoms with van der Waals surface area (Å²) in [5.74, 6) is -0.310.